The van der Waals surface area contributed by atoms with Gasteiger partial charge in [-0.05, 0) is 11.6 Å². The first-order valence-electron chi connectivity index (χ1n) is 8.01. The Kier molecular flexibility index (Phi) is 4.42. The summed E-state index contributed by atoms with van der Waals surface area (Å²) in [5.41, 5.74) is 1.07. The monoisotopic (exact) mass is 337 g/mol. The summed E-state index contributed by atoms with van der Waals surface area (Å²) >= 11 is 0. The van der Waals surface area contributed by atoms with Crippen molar-refractivity contribution < 1.29 is 13.2 Å². The molecule has 0 bridgehead atoms. The number of hydrogen-bond donors (Lipinski definition) is 0. The van der Waals surface area contributed by atoms with Gasteiger partial charge in [0.05, 0.1) is 17.5 Å². The van der Waals surface area contributed by atoms with Gasteiger partial charge in [-0.25, -0.2) is 8.42 Å². The van der Waals surface area contributed by atoms with Crippen LogP contribution in [0.5, 0.6) is 0 Å². The zero-order valence-corrected chi connectivity index (χ0v) is 14.4. The molecule has 1 amide bonds. The Morgan fingerprint density at radius 2 is 2.04 bits per heavy atom. The number of fused-ring (bicyclic) bond motifs is 1. The van der Waals surface area contributed by atoms with Gasteiger partial charge in [0.15, 0.2) is 9.84 Å². The number of piperazine rings is 1. The second-order valence-corrected chi connectivity index (χ2v) is 8.88. The van der Waals surface area contributed by atoms with E-state index in [1.165, 1.54) is 0 Å². The van der Waals surface area contributed by atoms with Crippen molar-refractivity contribution in [2.45, 2.75) is 32.5 Å². The van der Waals surface area contributed by atoms with Gasteiger partial charge in [0, 0.05) is 44.0 Å². The Hall–Kier alpha value is -1.47. The largest absolute Gasteiger partial charge is 0.336 e. The number of sulfone groups is 1. The van der Waals surface area contributed by atoms with E-state index in [4.69, 9.17) is 0 Å². The molecular formula is C16H23N3O3S. The van der Waals surface area contributed by atoms with Crippen molar-refractivity contribution in [1.82, 2.24) is 14.8 Å². The normalized spacial score (nSPS) is 27.2. The van der Waals surface area contributed by atoms with E-state index in [1.54, 1.807) is 11.1 Å². The SMILES string of the molecule is CC(C)C(=O)N1CCN(Cc2cccnc2)[C@@H]2CS(=O)(=O)C[C@@H]21. The van der Waals surface area contributed by atoms with Gasteiger partial charge in [-0.2, -0.15) is 0 Å². The van der Waals surface area contributed by atoms with Gasteiger partial charge in [0.1, 0.15) is 0 Å². The third-order valence-corrected chi connectivity index (χ3v) is 6.38. The van der Waals surface area contributed by atoms with E-state index in [9.17, 15) is 13.2 Å². The molecule has 2 atom stereocenters. The van der Waals surface area contributed by atoms with Gasteiger partial charge < -0.3 is 4.90 Å². The minimum Gasteiger partial charge on any atom is -0.336 e. The highest BCUT2D eigenvalue weighted by Gasteiger charge is 2.48. The quantitative estimate of drug-likeness (QED) is 0.805. The standard InChI is InChI=1S/C16H23N3O3S/c1-12(2)16(20)19-7-6-18(9-13-4-3-5-17-8-13)14-10-23(21,22)11-15(14)19/h3-5,8,12,14-15H,6-7,9-11H2,1-2H3/t14-,15+/m1/s1. The summed E-state index contributed by atoms with van der Waals surface area (Å²) in [6.07, 6.45) is 3.54. The van der Waals surface area contributed by atoms with Crippen molar-refractivity contribution in [1.29, 1.82) is 0 Å². The number of hydrogen-bond acceptors (Lipinski definition) is 5. The van der Waals surface area contributed by atoms with Crippen LogP contribution in [0.3, 0.4) is 0 Å². The van der Waals surface area contributed by atoms with Crippen LogP contribution in [0.4, 0.5) is 0 Å². The van der Waals surface area contributed by atoms with Crippen LogP contribution in [0.2, 0.25) is 0 Å². The van der Waals surface area contributed by atoms with Crippen LogP contribution in [-0.4, -0.2) is 65.8 Å². The summed E-state index contributed by atoms with van der Waals surface area (Å²) in [4.78, 5) is 20.5. The summed E-state index contributed by atoms with van der Waals surface area (Å²) in [6.45, 7) is 5.69. The van der Waals surface area contributed by atoms with Crippen molar-refractivity contribution >= 4 is 15.7 Å². The highest BCUT2D eigenvalue weighted by Crippen LogP contribution is 2.29. The van der Waals surface area contributed by atoms with E-state index >= 15 is 0 Å². The molecule has 2 fully saturated rings. The molecule has 3 rings (SSSR count). The van der Waals surface area contributed by atoms with Crippen LogP contribution in [0.1, 0.15) is 19.4 Å². The molecule has 2 saturated heterocycles. The maximum atomic E-state index is 12.4. The molecule has 0 saturated carbocycles. The Morgan fingerprint density at radius 3 is 2.70 bits per heavy atom. The summed E-state index contributed by atoms with van der Waals surface area (Å²) in [5.74, 6) is 0.168. The molecule has 2 aliphatic rings. The molecular weight excluding hydrogens is 314 g/mol. The fraction of sp³-hybridized carbons (Fsp3) is 0.625. The zero-order chi connectivity index (χ0) is 16.6. The van der Waals surface area contributed by atoms with Crippen molar-refractivity contribution in [3.63, 3.8) is 0 Å². The lowest BCUT2D eigenvalue weighted by Crippen LogP contribution is -2.60. The highest BCUT2D eigenvalue weighted by atomic mass is 32.2. The van der Waals surface area contributed by atoms with Crippen LogP contribution in [0, 0.1) is 5.92 Å². The number of carbonyl (C=O) groups is 1. The van der Waals surface area contributed by atoms with E-state index in [2.05, 4.69) is 9.88 Å². The lowest BCUT2D eigenvalue weighted by atomic mass is 10.0. The fourth-order valence-electron chi connectivity index (χ4n) is 3.55. The van der Waals surface area contributed by atoms with Gasteiger partial charge in [-0.15, -0.1) is 0 Å². The van der Waals surface area contributed by atoms with Crippen molar-refractivity contribution in [2.75, 3.05) is 24.6 Å². The van der Waals surface area contributed by atoms with Crippen LogP contribution < -0.4 is 0 Å². The average molecular weight is 337 g/mol. The van der Waals surface area contributed by atoms with Gasteiger partial charge in [-0.1, -0.05) is 19.9 Å². The molecule has 0 spiro atoms. The molecule has 0 aromatic carbocycles. The van der Waals surface area contributed by atoms with Gasteiger partial charge >= 0.3 is 0 Å². The second-order valence-electron chi connectivity index (χ2n) is 6.73. The van der Waals surface area contributed by atoms with Crippen molar-refractivity contribution in [3.8, 4) is 0 Å². The molecule has 7 heteroatoms. The second kappa shape index (κ2) is 6.20. The van der Waals surface area contributed by atoms with E-state index in [0.717, 1.165) is 5.56 Å². The number of pyridine rings is 1. The van der Waals surface area contributed by atoms with Crippen LogP contribution in [-0.2, 0) is 21.2 Å². The van der Waals surface area contributed by atoms with Crippen LogP contribution in [0.25, 0.3) is 0 Å². The van der Waals surface area contributed by atoms with Crippen LogP contribution in [0.15, 0.2) is 24.5 Å². The Labute approximate surface area is 137 Å². The van der Waals surface area contributed by atoms with Gasteiger partial charge in [-0.3, -0.25) is 14.7 Å². The summed E-state index contributed by atoms with van der Waals surface area (Å²) in [5, 5.41) is 0. The minimum atomic E-state index is -3.10. The van der Waals surface area contributed by atoms with Crippen LogP contribution >= 0.6 is 0 Å². The lowest BCUT2D eigenvalue weighted by molar-refractivity contribution is -0.140. The topological polar surface area (TPSA) is 70.6 Å². The number of rotatable bonds is 3. The first-order valence-corrected chi connectivity index (χ1v) is 9.83. The maximum Gasteiger partial charge on any atom is 0.225 e. The molecule has 0 N–H and O–H groups in total. The highest BCUT2D eigenvalue weighted by molar-refractivity contribution is 7.91. The average Bonchev–Trinajstić information content (AvgIpc) is 2.83. The van der Waals surface area contributed by atoms with Gasteiger partial charge in [0.25, 0.3) is 0 Å². The van der Waals surface area contributed by atoms with E-state index < -0.39 is 9.84 Å². The molecule has 126 valence electrons. The molecule has 1 aromatic rings. The molecule has 0 aliphatic carbocycles. The zero-order valence-electron chi connectivity index (χ0n) is 13.6. The first kappa shape index (κ1) is 16.4. The molecule has 1 aromatic heterocycles. The maximum absolute atomic E-state index is 12.4. The summed E-state index contributed by atoms with van der Waals surface area (Å²) < 4.78 is 24.3. The summed E-state index contributed by atoms with van der Waals surface area (Å²) in [7, 11) is -3.10. The number of aromatic nitrogens is 1. The van der Waals surface area contributed by atoms with Crippen molar-refractivity contribution in [2.24, 2.45) is 5.92 Å². The fourth-order valence-corrected chi connectivity index (χ4v) is 5.56. The number of nitrogens with zero attached hydrogens (tertiary/aromatic N) is 3. The molecule has 2 aliphatic heterocycles. The lowest BCUT2D eigenvalue weighted by Gasteiger charge is -2.44. The smallest absolute Gasteiger partial charge is 0.225 e. The number of amides is 1. The third-order valence-electron chi connectivity index (χ3n) is 4.68. The molecule has 0 unspecified atom stereocenters. The Bertz CT molecular complexity index is 675. The number of carbonyl (C=O) groups excluding carboxylic acids is 1. The minimum absolute atomic E-state index is 0.0538. The molecule has 6 nitrogen and oxygen atoms in total. The summed E-state index contributed by atoms with van der Waals surface area (Å²) in [6, 6.07) is 3.55. The van der Waals surface area contributed by atoms with E-state index in [-0.39, 0.29) is 35.4 Å². The van der Waals surface area contributed by atoms with Gasteiger partial charge in [0.2, 0.25) is 5.91 Å². The molecule has 0 radical (unpaired) electrons. The molecule has 23 heavy (non-hydrogen) atoms. The Morgan fingerprint density at radius 1 is 1.30 bits per heavy atom. The van der Waals surface area contributed by atoms with E-state index in [1.807, 2.05) is 32.2 Å². The Balaban J connectivity index is 1.82. The van der Waals surface area contributed by atoms with Crippen molar-refractivity contribution in [3.05, 3.63) is 30.1 Å². The molecule has 3 heterocycles. The third kappa shape index (κ3) is 3.40. The predicted molar refractivity (Wildman–Crippen MR) is 87.4 cm³/mol. The first-order chi connectivity index (χ1) is 10.9. The predicted octanol–water partition coefficient (Wildman–Crippen LogP) is 0.547. The van der Waals surface area contributed by atoms with E-state index in [0.29, 0.717) is 19.6 Å².